The molecule has 126 valence electrons. The quantitative estimate of drug-likeness (QED) is 0.659. The van der Waals surface area contributed by atoms with Gasteiger partial charge in [0.1, 0.15) is 5.41 Å². The van der Waals surface area contributed by atoms with Crippen molar-refractivity contribution < 1.29 is 19.1 Å². The number of carbonyl (C=O) groups is 3. The van der Waals surface area contributed by atoms with E-state index in [0.29, 0.717) is 11.3 Å². The van der Waals surface area contributed by atoms with Crippen molar-refractivity contribution in [3.8, 4) is 0 Å². The number of carbonyl (C=O) groups excluding carboxylic acids is 3. The first-order valence-electron chi connectivity index (χ1n) is 7.30. The van der Waals surface area contributed by atoms with Crippen molar-refractivity contribution in [1.82, 2.24) is 5.32 Å². The van der Waals surface area contributed by atoms with E-state index in [0.717, 1.165) is 0 Å². The largest absolute Gasteiger partial charge is 0.465 e. The highest BCUT2D eigenvalue weighted by Gasteiger charge is 2.37. The molecule has 0 fully saturated rings. The molecule has 0 unspecified atom stereocenters. The Balaban J connectivity index is 2.81. The van der Waals surface area contributed by atoms with E-state index in [1.807, 2.05) is 20.8 Å². The van der Waals surface area contributed by atoms with Gasteiger partial charge in [-0.3, -0.25) is 9.59 Å². The minimum absolute atomic E-state index is 0.353. The zero-order chi connectivity index (χ0) is 17.8. The van der Waals surface area contributed by atoms with E-state index >= 15 is 0 Å². The first-order chi connectivity index (χ1) is 10.5. The second-order valence-electron chi connectivity index (χ2n) is 6.85. The molecular weight excluding hydrogens is 296 g/mol. The zero-order valence-electron chi connectivity index (χ0n) is 14.4. The summed E-state index contributed by atoms with van der Waals surface area (Å²) >= 11 is 0. The molecule has 6 nitrogen and oxygen atoms in total. The standard InChI is InChI=1S/C17H24N2O4/c1-16(2,3)19-15(22)17(4,5)14(21)18-12-9-7-11(8-10-12)13(20)23-6/h7-10H,1-6H3,(H,18,21)(H,19,22). The van der Waals surface area contributed by atoms with Crippen molar-refractivity contribution in [2.45, 2.75) is 40.2 Å². The van der Waals surface area contributed by atoms with Gasteiger partial charge < -0.3 is 15.4 Å². The fourth-order valence-electron chi connectivity index (χ4n) is 1.69. The summed E-state index contributed by atoms with van der Waals surface area (Å²) in [5, 5.41) is 5.48. The van der Waals surface area contributed by atoms with E-state index < -0.39 is 22.8 Å². The molecular formula is C17H24N2O4. The molecule has 1 aromatic carbocycles. The highest BCUT2D eigenvalue weighted by Crippen LogP contribution is 2.21. The molecule has 0 aliphatic heterocycles. The molecule has 0 radical (unpaired) electrons. The monoisotopic (exact) mass is 320 g/mol. The first-order valence-corrected chi connectivity index (χ1v) is 7.30. The molecule has 0 spiro atoms. The van der Waals surface area contributed by atoms with Gasteiger partial charge in [-0.15, -0.1) is 0 Å². The van der Waals surface area contributed by atoms with Gasteiger partial charge in [-0.1, -0.05) is 0 Å². The highest BCUT2D eigenvalue weighted by atomic mass is 16.5. The Kier molecular flexibility index (Phi) is 5.53. The smallest absolute Gasteiger partial charge is 0.337 e. The van der Waals surface area contributed by atoms with Crippen LogP contribution in [0.1, 0.15) is 45.0 Å². The van der Waals surface area contributed by atoms with Crippen LogP contribution in [0.3, 0.4) is 0 Å². The van der Waals surface area contributed by atoms with Gasteiger partial charge in [-0.25, -0.2) is 4.79 Å². The molecule has 0 heterocycles. The molecule has 0 aliphatic carbocycles. The fraction of sp³-hybridized carbons (Fsp3) is 0.471. The minimum atomic E-state index is -1.23. The second-order valence-corrected chi connectivity index (χ2v) is 6.85. The van der Waals surface area contributed by atoms with Crippen LogP contribution in [0.15, 0.2) is 24.3 Å². The molecule has 6 heteroatoms. The third-order valence-electron chi connectivity index (χ3n) is 3.19. The van der Waals surface area contributed by atoms with E-state index in [2.05, 4.69) is 15.4 Å². The third-order valence-corrected chi connectivity index (χ3v) is 3.19. The lowest BCUT2D eigenvalue weighted by Gasteiger charge is -2.28. The van der Waals surface area contributed by atoms with Crippen LogP contribution >= 0.6 is 0 Å². The van der Waals surface area contributed by atoms with Crippen molar-refractivity contribution in [2.24, 2.45) is 5.41 Å². The number of nitrogens with one attached hydrogen (secondary N) is 2. The van der Waals surface area contributed by atoms with Gasteiger partial charge in [0.25, 0.3) is 0 Å². The molecule has 2 amide bonds. The van der Waals surface area contributed by atoms with Gasteiger partial charge in [0, 0.05) is 11.2 Å². The summed E-state index contributed by atoms with van der Waals surface area (Å²) in [6.45, 7) is 8.68. The first kappa shape index (κ1) is 18.7. The summed E-state index contributed by atoms with van der Waals surface area (Å²) in [5.74, 6) is -1.23. The fourth-order valence-corrected chi connectivity index (χ4v) is 1.69. The average Bonchev–Trinajstić information content (AvgIpc) is 2.45. The van der Waals surface area contributed by atoms with Gasteiger partial charge in [-0.2, -0.15) is 0 Å². The number of hydrogen-bond donors (Lipinski definition) is 2. The van der Waals surface area contributed by atoms with Gasteiger partial charge >= 0.3 is 5.97 Å². The number of methoxy groups -OCH3 is 1. The summed E-state index contributed by atoms with van der Waals surface area (Å²) < 4.78 is 4.61. The number of hydrogen-bond acceptors (Lipinski definition) is 4. The summed E-state index contributed by atoms with van der Waals surface area (Å²) in [4.78, 5) is 36.0. The van der Waals surface area contributed by atoms with Crippen molar-refractivity contribution >= 4 is 23.5 Å². The molecule has 0 atom stereocenters. The number of rotatable bonds is 4. The highest BCUT2D eigenvalue weighted by molar-refractivity contribution is 6.10. The van der Waals surface area contributed by atoms with Crippen molar-refractivity contribution in [2.75, 3.05) is 12.4 Å². The van der Waals surface area contributed by atoms with E-state index in [9.17, 15) is 14.4 Å². The maximum absolute atomic E-state index is 12.4. The Hall–Kier alpha value is -2.37. The van der Waals surface area contributed by atoms with Gasteiger partial charge in [0.2, 0.25) is 11.8 Å². The summed E-state index contributed by atoms with van der Waals surface area (Å²) in [6.07, 6.45) is 0. The third kappa shape index (κ3) is 5.09. The molecule has 2 N–H and O–H groups in total. The summed E-state index contributed by atoms with van der Waals surface area (Å²) in [7, 11) is 1.30. The van der Waals surface area contributed by atoms with Gasteiger partial charge in [-0.05, 0) is 58.9 Å². The molecule has 23 heavy (non-hydrogen) atoms. The van der Waals surface area contributed by atoms with Gasteiger partial charge in [0.05, 0.1) is 12.7 Å². The van der Waals surface area contributed by atoms with E-state index in [1.54, 1.807) is 38.1 Å². The number of ether oxygens (including phenoxy) is 1. The van der Waals surface area contributed by atoms with Crippen LogP contribution in [-0.2, 0) is 14.3 Å². The van der Waals surface area contributed by atoms with Crippen LogP contribution in [0.25, 0.3) is 0 Å². The molecule has 0 aromatic heterocycles. The van der Waals surface area contributed by atoms with Crippen LogP contribution < -0.4 is 10.6 Å². The zero-order valence-corrected chi connectivity index (χ0v) is 14.4. The maximum atomic E-state index is 12.4. The Morgan fingerprint density at radius 3 is 1.87 bits per heavy atom. The number of esters is 1. The van der Waals surface area contributed by atoms with Crippen LogP contribution in [0, 0.1) is 5.41 Å². The Morgan fingerprint density at radius 2 is 1.43 bits per heavy atom. The molecule has 1 rings (SSSR count). The topological polar surface area (TPSA) is 84.5 Å². The molecule has 0 aliphatic rings. The number of anilines is 1. The summed E-state index contributed by atoms with van der Waals surface area (Å²) in [6, 6.07) is 6.26. The second kappa shape index (κ2) is 6.81. The molecule has 0 saturated carbocycles. The van der Waals surface area contributed by atoms with E-state index in [-0.39, 0.29) is 5.91 Å². The van der Waals surface area contributed by atoms with Crippen LogP contribution in [0.2, 0.25) is 0 Å². The molecule has 1 aromatic rings. The lowest BCUT2D eigenvalue weighted by Crippen LogP contribution is -2.51. The lowest BCUT2D eigenvalue weighted by molar-refractivity contribution is -0.139. The van der Waals surface area contributed by atoms with Crippen LogP contribution in [0.5, 0.6) is 0 Å². The van der Waals surface area contributed by atoms with Crippen LogP contribution in [-0.4, -0.2) is 30.4 Å². The number of amides is 2. The predicted octanol–water partition coefficient (Wildman–Crippen LogP) is 2.35. The predicted molar refractivity (Wildman–Crippen MR) is 88.1 cm³/mol. The maximum Gasteiger partial charge on any atom is 0.337 e. The minimum Gasteiger partial charge on any atom is -0.465 e. The normalized spacial score (nSPS) is 11.6. The molecule has 0 saturated heterocycles. The Bertz CT molecular complexity index is 598. The van der Waals surface area contributed by atoms with E-state index in [1.165, 1.54) is 7.11 Å². The van der Waals surface area contributed by atoms with Crippen LogP contribution in [0.4, 0.5) is 5.69 Å². The SMILES string of the molecule is COC(=O)c1ccc(NC(=O)C(C)(C)C(=O)NC(C)(C)C)cc1. The van der Waals surface area contributed by atoms with Gasteiger partial charge in [0.15, 0.2) is 0 Å². The Labute approximate surface area is 136 Å². The average molecular weight is 320 g/mol. The van der Waals surface area contributed by atoms with Crippen molar-refractivity contribution in [3.05, 3.63) is 29.8 Å². The molecule has 0 bridgehead atoms. The summed E-state index contributed by atoms with van der Waals surface area (Å²) in [5.41, 5.74) is -0.764. The van der Waals surface area contributed by atoms with E-state index in [4.69, 9.17) is 0 Å². The Morgan fingerprint density at radius 1 is 0.913 bits per heavy atom. The van der Waals surface area contributed by atoms with Crippen molar-refractivity contribution in [1.29, 1.82) is 0 Å². The van der Waals surface area contributed by atoms with Crippen molar-refractivity contribution in [3.63, 3.8) is 0 Å². The number of benzene rings is 1. The lowest BCUT2D eigenvalue weighted by atomic mass is 9.89.